The number of hydrogen-bond donors (Lipinski definition) is 0. The van der Waals surface area contributed by atoms with Gasteiger partial charge < -0.3 is 4.90 Å². The van der Waals surface area contributed by atoms with E-state index in [0.717, 1.165) is 41.7 Å². The van der Waals surface area contributed by atoms with Gasteiger partial charge in [0.15, 0.2) is 0 Å². The molecule has 7 heteroatoms. The Morgan fingerprint density at radius 3 is 2.52 bits per heavy atom. The van der Waals surface area contributed by atoms with Gasteiger partial charge in [0.25, 0.3) is 0 Å². The lowest BCUT2D eigenvalue weighted by atomic mass is 10.2. The molecule has 0 atom stereocenters. The molecule has 1 aromatic heterocycles. The average Bonchev–Trinajstić information content (AvgIpc) is 2.95. The summed E-state index contributed by atoms with van der Waals surface area (Å²) in [4.78, 5) is 16.6. The predicted molar refractivity (Wildman–Crippen MR) is 95.9 cm³/mol. The van der Waals surface area contributed by atoms with Crippen LogP contribution in [0.5, 0.6) is 0 Å². The lowest BCUT2D eigenvalue weighted by Gasteiger charge is -2.34. The summed E-state index contributed by atoms with van der Waals surface area (Å²) in [5, 5.41) is 4.14. The van der Waals surface area contributed by atoms with Gasteiger partial charge in [-0.3, -0.25) is 14.4 Å². The molecule has 2 heterocycles. The third-order valence-corrected chi connectivity index (χ3v) is 5.16. The van der Waals surface area contributed by atoms with Crippen LogP contribution in [0.4, 0.5) is 0 Å². The van der Waals surface area contributed by atoms with E-state index in [9.17, 15) is 4.79 Å². The predicted octanol–water partition coefficient (Wildman–Crippen LogP) is 2.75. The molecule has 1 amide bonds. The Hall–Kier alpha value is -1.18. The maximum Gasteiger partial charge on any atom is 0.244 e. The van der Waals surface area contributed by atoms with Crippen molar-refractivity contribution in [1.82, 2.24) is 19.6 Å². The minimum atomic E-state index is 0.126. The zero-order valence-electron chi connectivity index (χ0n) is 12.7. The quantitative estimate of drug-likeness (QED) is 0.732. The van der Waals surface area contributed by atoms with Crippen molar-refractivity contribution in [1.29, 1.82) is 0 Å². The fraction of sp³-hybridized carbons (Fsp3) is 0.375. The standard InChI is InChI=1S/C16H18Br2N4O/c17-14-9-19-22(11-14)12-16(23)21-7-5-20(6-8-21)10-13-3-1-2-4-15(13)18/h1-4,9,11H,5-8,10,12H2. The molecule has 5 nitrogen and oxygen atoms in total. The summed E-state index contributed by atoms with van der Waals surface area (Å²) in [5.41, 5.74) is 1.29. The van der Waals surface area contributed by atoms with Crippen molar-refractivity contribution in [3.8, 4) is 0 Å². The fourth-order valence-corrected chi connectivity index (χ4v) is 3.42. The third kappa shape index (κ3) is 4.43. The van der Waals surface area contributed by atoms with Crippen LogP contribution >= 0.6 is 31.9 Å². The summed E-state index contributed by atoms with van der Waals surface area (Å²) in [6, 6.07) is 8.29. The number of rotatable bonds is 4. The molecule has 2 aromatic rings. The highest BCUT2D eigenvalue weighted by molar-refractivity contribution is 9.10. The zero-order chi connectivity index (χ0) is 16.2. The number of hydrogen-bond acceptors (Lipinski definition) is 3. The van der Waals surface area contributed by atoms with Crippen LogP contribution in [0.3, 0.4) is 0 Å². The first-order valence-electron chi connectivity index (χ1n) is 7.53. The molecule has 1 aliphatic heterocycles. The highest BCUT2D eigenvalue weighted by Gasteiger charge is 2.21. The fourth-order valence-electron chi connectivity index (χ4n) is 2.69. The van der Waals surface area contributed by atoms with Crippen LogP contribution in [-0.2, 0) is 17.9 Å². The van der Waals surface area contributed by atoms with Gasteiger partial charge in [0, 0.05) is 43.4 Å². The number of piperazine rings is 1. The normalized spacial score (nSPS) is 15.8. The molecule has 0 bridgehead atoms. The molecule has 0 N–H and O–H groups in total. The van der Waals surface area contributed by atoms with E-state index in [0.29, 0.717) is 6.54 Å². The Balaban J connectivity index is 1.50. The van der Waals surface area contributed by atoms with Crippen LogP contribution in [0.25, 0.3) is 0 Å². The molecule has 0 saturated carbocycles. The third-order valence-electron chi connectivity index (χ3n) is 3.98. The van der Waals surface area contributed by atoms with E-state index in [2.05, 4.69) is 60.1 Å². The van der Waals surface area contributed by atoms with Crippen molar-refractivity contribution in [2.24, 2.45) is 0 Å². The summed E-state index contributed by atoms with van der Waals surface area (Å²) in [6.07, 6.45) is 3.52. The minimum absolute atomic E-state index is 0.126. The monoisotopic (exact) mass is 440 g/mol. The van der Waals surface area contributed by atoms with Gasteiger partial charge in [-0.05, 0) is 27.6 Å². The number of aromatic nitrogens is 2. The van der Waals surface area contributed by atoms with Crippen LogP contribution in [-0.4, -0.2) is 51.7 Å². The molecule has 1 aromatic carbocycles. The Bertz CT molecular complexity index is 680. The topological polar surface area (TPSA) is 41.4 Å². The minimum Gasteiger partial charge on any atom is -0.339 e. The highest BCUT2D eigenvalue weighted by Crippen LogP contribution is 2.18. The van der Waals surface area contributed by atoms with Gasteiger partial charge in [0.05, 0.1) is 10.7 Å². The van der Waals surface area contributed by atoms with Gasteiger partial charge in [-0.25, -0.2) is 0 Å². The number of halogens is 2. The number of carbonyl (C=O) groups excluding carboxylic acids is 1. The van der Waals surface area contributed by atoms with E-state index in [-0.39, 0.29) is 5.91 Å². The smallest absolute Gasteiger partial charge is 0.244 e. The van der Waals surface area contributed by atoms with Crippen LogP contribution in [0.1, 0.15) is 5.56 Å². The van der Waals surface area contributed by atoms with Crippen molar-refractivity contribution in [3.63, 3.8) is 0 Å². The summed E-state index contributed by atoms with van der Waals surface area (Å²) in [5.74, 6) is 0.126. The number of nitrogens with zero attached hydrogens (tertiary/aromatic N) is 4. The highest BCUT2D eigenvalue weighted by atomic mass is 79.9. The van der Waals surface area contributed by atoms with E-state index >= 15 is 0 Å². The van der Waals surface area contributed by atoms with Gasteiger partial charge in [0.2, 0.25) is 5.91 Å². The summed E-state index contributed by atoms with van der Waals surface area (Å²) in [6.45, 7) is 4.55. The van der Waals surface area contributed by atoms with E-state index < -0.39 is 0 Å². The Morgan fingerprint density at radius 2 is 1.87 bits per heavy atom. The van der Waals surface area contributed by atoms with E-state index in [4.69, 9.17) is 0 Å². The molecule has 23 heavy (non-hydrogen) atoms. The maximum absolute atomic E-state index is 12.3. The molecule has 0 radical (unpaired) electrons. The van der Waals surface area contributed by atoms with Gasteiger partial charge in [-0.1, -0.05) is 34.1 Å². The van der Waals surface area contributed by atoms with Crippen LogP contribution in [0.15, 0.2) is 45.6 Å². The van der Waals surface area contributed by atoms with Gasteiger partial charge in [0.1, 0.15) is 6.54 Å². The summed E-state index contributed by atoms with van der Waals surface area (Å²) in [7, 11) is 0. The van der Waals surface area contributed by atoms with Gasteiger partial charge in [-0.15, -0.1) is 0 Å². The molecule has 0 spiro atoms. The van der Waals surface area contributed by atoms with E-state index in [1.807, 2.05) is 17.2 Å². The van der Waals surface area contributed by atoms with Crippen molar-refractivity contribution in [3.05, 3.63) is 51.2 Å². The first-order chi connectivity index (χ1) is 11.1. The first kappa shape index (κ1) is 16.7. The molecule has 1 aliphatic rings. The molecular weight excluding hydrogens is 424 g/mol. The van der Waals surface area contributed by atoms with Crippen LogP contribution in [0, 0.1) is 0 Å². The summed E-state index contributed by atoms with van der Waals surface area (Å²) >= 11 is 6.94. The maximum atomic E-state index is 12.3. The van der Waals surface area contributed by atoms with Crippen molar-refractivity contribution < 1.29 is 4.79 Å². The van der Waals surface area contributed by atoms with Crippen LogP contribution < -0.4 is 0 Å². The second-order valence-corrected chi connectivity index (χ2v) is 7.37. The van der Waals surface area contributed by atoms with E-state index in [1.54, 1.807) is 10.9 Å². The lowest BCUT2D eigenvalue weighted by Crippen LogP contribution is -2.49. The number of carbonyl (C=O) groups is 1. The summed E-state index contributed by atoms with van der Waals surface area (Å²) < 4.78 is 3.70. The van der Waals surface area contributed by atoms with Gasteiger partial charge in [-0.2, -0.15) is 5.10 Å². The zero-order valence-corrected chi connectivity index (χ0v) is 15.8. The molecule has 3 rings (SSSR count). The second-order valence-electron chi connectivity index (χ2n) is 5.60. The number of benzene rings is 1. The SMILES string of the molecule is O=C(Cn1cc(Br)cn1)N1CCN(Cc2ccccc2Br)CC1. The van der Waals surface area contributed by atoms with E-state index in [1.165, 1.54) is 5.56 Å². The molecule has 1 saturated heterocycles. The van der Waals surface area contributed by atoms with Crippen molar-refractivity contribution >= 4 is 37.8 Å². The Labute approximate surface area is 152 Å². The molecule has 0 aliphatic carbocycles. The van der Waals surface area contributed by atoms with Crippen molar-refractivity contribution in [2.75, 3.05) is 26.2 Å². The Morgan fingerprint density at radius 1 is 1.13 bits per heavy atom. The molecular formula is C16H18Br2N4O. The van der Waals surface area contributed by atoms with Crippen molar-refractivity contribution in [2.45, 2.75) is 13.1 Å². The van der Waals surface area contributed by atoms with Crippen LogP contribution in [0.2, 0.25) is 0 Å². The second kappa shape index (κ2) is 7.59. The lowest BCUT2D eigenvalue weighted by molar-refractivity contribution is -0.133. The Kier molecular flexibility index (Phi) is 5.50. The molecule has 1 fully saturated rings. The average molecular weight is 442 g/mol. The molecule has 122 valence electrons. The number of amides is 1. The van der Waals surface area contributed by atoms with Gasteiger partial charge >= 0.3 is 0 Å². The largest absolute Gasteiger partial charge is 0.339 e. The molecule has 0 unspecified atom stereocenters. The first-order valence-corrected chi connectivity index (χ1v) is 9.12.